The predicted octanol–water partition coefficient (Wildman–Crippen LogP) is 7.51. The number of fused-ring (bicyclic) bond motifs is 3. The van der Waals surface area contributed by atoms with E-state index in [-0.39, 0.29) is 47.3 Å². The van der Waals surface area contributed by atoms with Crippen LogP contribution in [0.4, 0.5) is 13.2 Å². The molecule has 3 fully saturated rings. The van der Waals surface area contributed by atoms with Gasteiger partial charge in [0.15, 0.2) is 0 Å². The summed E-state index contributed by atoms with van der Waals surface area (Å²) in [5, 5.41) is 0.828. The molecule has 0 aromatic heterocycles. The number of alkyl halides is 3. The van der Waals surface area contributed by atoms with Crippen molar-refractivity contribution in [3.8, 4) is 5.75 Å². The van der Waals surface area contributed by atoms with Crippen molar-refractivity contribution in [3.05, 3.63) is 41.5 Å². The first-order valence-corrected chi connectivity index (χ1v) is 13.8. The molecule has 3 aliphatic rings. The predicted molar refractivity (Wildman–Crippen MR) is 137 cm³/mol. The highest BCUT2D eigenvalue weighted by Gasteiger charge is 2.44. The van der Waals surface area contributed by atoms with Crippen molar-refractivity contribution in [2.75, 3.05) is 0 Å². The summed E-state index contributed by atoms with van der Waals surface area (Å²) < 4.78 is 55.4. The Morgan fingerprint density at radius 2 is 1.68 bits per heavy atom. The first kappa shape index (κ1) is 26.3. The van der Waals surface area contributed by atoms with Crippen LogP contribution in [-0.4, -0.2) is 35.2 Å². The number of carbonyl (C=O) groups excluding carboxylic acids is 1. The lowest BCUT2D eigenvalue weighted by Gasteiger charge is -2.38. The van der Waals surface area contributed by atoms with Crippen molar-refractivity contribution in [2.24, 2.45) is 11.8 Å². The van der Waals surface area contributed by atoms with Gasteiger partial charge in [-0.05, 0) is 88.1 Å². The minimum atomic E-state index is -4.53. The van der Waals surface area contributed by atoms with Crippen molar-refractivity contribution in [3.63, 3.8) is 0 Å². The Labute approximate surface area is 217 Å². The summed E-state index contributed by atoms with van der Waals surface area (Å²) in [5.74, 6) is 0.268. The summed E-state index contributed by atoms with van der Waals surface area (Å²) in [5.41, 5.74) is 0.0228. The molecule has 1 saturated carbocycles. The van der Waals surface area contributed by atoms with E-state index in [0.717, 1.165) is 38.5 Å². The number of rotatable bonds is 6. The maximum atomic E-state index is 14.6. The van der Waals surface area contributed by atoms with Crippen LogP contribution >= 0.6 is 0 Å². The Kier molecular flexibility index (Phi) is 7.45. The van der Waals surface area contributed by atoms with Gasteiger partial charge in [-0.15, -0.1) is 0 Å². The van der Waals surface area contributed by atoms with Crippen LogP contribution in [0, 0.1) is 11.8 Å². The average Bonchev–Trinajstić information content (AvgIpc) is 3.05. The molecule has 2 aromatic rings. The van der Waals surface area contributed by atoms with Crippen molar-refractivity contribution in [2.45, 2.75) is 109 Å². The highest BCUT2D eigenvalue weighted by molar-refractivity contribution is 5.91. The number of esters is 1. The van der Waals surface area contributed by atoms with Gasteiger partial charge >= 0.3 is 12.1 Å². The molecule has 0 radical (unpaired) electrons. The van der Waals surface area contributed by atoms with Gasteiger partial charge in [-0.25, -0.2) is 0 Å². The van der Waals surface area contributed by atoms with Gasteiger partial charge in [-0.3, -0.25) is 9.69 Å². The maximum absolute atomic E-state index is 14.6. The smallest absolute Gasteiger partial charge is 0.420 e. The van der Waals surface area contributed by atoms with E-state index in [9.17, 15) is 18.0 Å². The molecule has 5 rings (SSSR count). The van der Waals surface area contributed by atoms with E-state index in [0.29, 0.717) is 36.3 Å². The third-order valence-electron chi connectivity index (χ3n) is 8.56. The number of carbonyl (C=O) groups is 1. The Balaban J connectivity index is 1.44. The van der Waals surface area contributed by atoms with E-state index >= 15 is 0 Å². The van der Waals surface area contributed by atoms with Gasteiger partial charge in [0.05, 0.1) is 18.1 Å². The molecular weight excluding hydrogens is 479 g/mol. The molecule has 4 nitrogen and oxygen atoms in total. The molecule has 2 unspecified atom stereocenters. The van der Waals surface area contributed by atoms with E-state index in [4.69, 9.17) is 9.47 Å². The van der Waals surface area contributed by atoms with Gasteiger partial charge in [0.25, 0.3) is 0 Å². The first-order chi connectivity index (χ1) is 17.6. The summed E-state index contributed by atoms with van der Waals surface area (Å²) in [6.45, 7) is 6.33. The van der Waals surface area contributed by atoms with E-state index < -0.39 is 11.7 Å². The monoisotopic (exact) mass is 517 g/mol. The third-order valence-corrected chi connectivity index (χ3v) is 8.56. The lowest BCUT2D eigenvalue weighted by atomic mass is 9.88. The first-order valence-electron chi connectivity index (χ1n) is 13.8. The summed E-state index contributed by atoms with van der Waals surface area (Å²) in [4.78, 5) is 14.9. The van der Waals surface area contributed by atoms with Crippen LogP contribution in [0.15, 0.2) is 30.3 Å². The fourth-order valence-electron chi connectivity index (χ4n) is 6.72. The number of benzene rings is 2. The van der Waals surface area contributed by atoms with Crippen LogP contribution in [0.2, 0.25) is 0 Å². The molecule has 2 aliphatic heterocycles. The average molecular weight is 518 g/mol. The van der Waals surface area contributed by atoms with E-state index in [1.165, 1.54) is 6.07 Å². The van der Waals surface area contributed by atoms with Gasteiger partial charge in [0, 0.05) is 24.0 Å². The lowest BCUT2D eigenvalue weighted by molar-refractivity contribution is -0.155. The highest BCUT2D eigenvalue weighted by Crippen LogP contribution is 2.45. The second-order valence-electron chi connectivity index (χ2n) is 11.7. The van der Waals surface area contributed by atoms with Gasteiger partial charge in [0.2, 0.25) is 0 Å². The fraction of sp³-hybridized carbons (Fsp3) is 0.633. The number of hydrogen-bond acceptors (Lipinski definition) is 4. The van der Waals surface area contributed by atoms with Crippen LogP contribution in [0.25, 0.3) is 10.8 Å². The van der Waals surface area contributed by atoms with Gasteiger partial charge in [-0.2, -0.15) is 13.2 Å². The zero-order valence-electron chi connectivity index (χ0n) is 22.0. The largest absolute Gasteiger partial charge is 0.490 e. The molecule has 2 heterocycles. The Hall–Kier alpha value is -2.28. The number of piperidine rings is 1. The molecule has 2 bridgehead atoms. The number of halogens is 3. The molecule has 0 amide bonds. The maximum Gasteiger partial charge on any atom is 0.420 e. The van der Waals surface area contributed by atoms with E-state index in [1.54, 1.807) is 12.1 Å². The van der Waals surface area contributed by atoms with E-state index in [1.807, 2.05) is 26.0 Å². The van der Waals surface area contributed by atoms with Gasteiger partial charge < -0.3 is 9.47 Å². The molecule has 37 heavy (non-hydrogen) atoms. The lowest BCUT2D eigenvalue weighted by Crippen LogP contribution is -2.44. The van der Waals surface area contributed by atoms with Crippen LogP contribution < -0.4 is 4.74 Å². The molecular formula is C30H38F3NO3. The van der Waals surface area contributed by atoms with Crippen molar-refractivity contribution in [1.82, 2.24) is 4.90 Å². The molecule has 1 aliphatic carbocycles. The van der Waals surface area contributed by atoms with Crippen molar-refractivity contribution >= 4 is 16.7 Å². The minimum Gasteiger partial charge on any atom is -0.490 e. The normalized spacial score (nSPS) is 28.6. The van der Waals surface area contributed by atoms with Crippen LogP contribution in [-0.2, 0) is 22.3 Å². The van der Waals surface area contributed by atoms with Crippen molar-refractivity contribution < 1.29 is 27.4 Å². The van der Waals surface area contributed by atoms with E-state index in [2.05, 4.69) is 11.8 Å². The van der Waals surface area contributed by atoms with Gasteiger partial charge in [-0.1, -0.05) is 31.2 Å². The summed E-state index contributed by atoms with van der Waals surface area (Å²) in [6, 6.07) is 9.04. The zero-order chi connectivity index (χ0) is 26.3. The van der Waals surface area contributed by atoms with Crippen molar-refractivity contribution in [1.29, 1.82) is 0 Å². The van der Waals surface area contributed by atoms with Crippen LogP contribution in [0.3, 0.4) is 0 Å². The zero-order valence-corrected chi connectivity index (χ0v) is 22.0. The fourth-order valence-corrected chi connectivity index (χ4v) is 6.72. The topological polar surface area (TPSA) is 38.8 Å². The second kappa shape index (κ2) is 10.5. The second-order valence-corrected chi connectivity index (χ2v) is 11.7. The van der Waals surface area contributed by atoms with Crippen LogP contribution in [0.5, 0.6) is 5.75 Å². The van der Waals surface area contributed by atoms with Gasteiger partial charge in [0.1, 0.15) is 11.3 Å². The molecule has 2 saturated heterocycles. The molecule has 202 valence electrons. The summed E-state index contributed by atoms with van der Waals surface area (Å²) in [6.07, 6.45) is 2.01. The highest BCUT2D eigenvalue weighted by atomic mass is 19.4. The Bertz CT molecular complexity index is 1110. The molecule has 7 heteroatoms. The van der Waals surface area contributed by atoms with Crippen LogP contribution in [0.1, 0.15) is 83.3 Å². The molecule has 2 atom stereocenters. The quantitative estimate of drug-likeness (QED) is 0.372. The molecule has 0 spiro atoms. The number of ether oxygens (including phenoxy) is 2. The number of hydrogen-bond donors (Lipinski definition) is 0. The third kappa shape index (κ3) is 5.62. The minimum absolute atomic E-state index is 0.0508. The Morgan fingerprint density at radius 3 is 2.30 bits per heavy atom. The molecule has 0 N–H and O–H groups in total. The summed E-state index contributed by atoms with van der Waals surface area (Å²) >= 11 is 0. The molecule has 2 aromatic carbocycles. The summed E-state index contributed by atoms with van der Waals surface area (Å²) in [7, 11) is 0. The standard InChI is InChI=1S/C30H38F3NO3/c1-18(2)36-29(35)22-15-23-10-11-24(16-22)34(23)17-21-6-4-5-20-9-14-26(28(27(20)21)30(31,32)33)37-25-12-7-19(3)8-13-25/h4-6,9,14,18-19,22-25H,7-8,10-13,15-17H2,1-3H3/t19-,22?,23?,24?,25+. The SMILES string of the molecule is CC(C)OC(=O)C1CC2CCC(C1)N2Cc1cccc2ccc(O[C@H]3CC[C@@H](C)CC3)c(C(F)(F)F)c12. The Morgan fingerprint density at radius 1 is 1.00 bits per heavy atom. The number of nitrogens with zero attached hydrogens (tertiary/aromatic N) is 1.